The highest BCUT2D eigenvalue weighted by molar-refractivity contribution is 5.90. The number of rotatable bonds is 8. The van der Waals surface area contributed by atoms with Gasteiger partial charge in [-0.2, -0.15) is 0 Å². The summed E-state index contributed by atoms with van der Waals surface area (Å²) in [5.74, 6) is 1.32. The van der Waals surface area contributed by atoms with E-state index in [0.29, 0.717) is 6.54 Å². The molecule has 0 spiro atoms. The van der Waals surface area contributed by atoms with Crippen LogP contribution >= 0.6 is 0 Å². The molecule has 0 bridgehead atoms. The third kappa shape index (κ3) is 6.07. The third-order valence-corrected chi connectivity index (χ3v) is 9.71. The molecule has 5 aromatic rings. The van der Waals surface area contributed by atoms with Crippen LogP contribution in [0.2, 0.25) is 0 Å². The quantitative estimate of drug-likeness (QED) is 0.142. The smallest absolute Gasteiger partial charge is 0.407 e. The van der Waals surface area contributed by atoms with Crippen LogP contribution in [0.15, 0.2) is 73.1 Å². The van der Waals surface area contributed by atoms with Crippen molar-refractivity contribution in [2.75, 3.05) is 20.2 Å². The molecule has 4 heterocycles. The van der Waals surface area contributed by atoms with E-state index in [1.165, 1.54) is 7.11 Å². The van der Waals surface area contributed by atoms with Crippen molar-refractivity contribution in [2.24, 2.45) is 11.7 Å². The zero-order valence-corrected chi connectivity index (χ0v) is 27.5. The van der Waals surface area contributed by atoms with Crippen LogP contribution in [0.4, 0.5) is 4.79 Å². The summed E-state index contributed by atoms with van der Waals surface area (Å²) >= 11 is 0. The van der Waals surface area contributed by atoms with Gasteiger partial charge in [0.25, 0.3) is 0 Å². The fourth-order valence-electron chi connectivity index (χ4n) is 6.94. The Morgan fingerprint density at radius 2 is 1.58 bits per heavy atom. The largest absolute Gasteiger partial charge is 0.453 e. The fraction of sp³-hybridized carbons (Fsp3) is 0.351. The van der Waals surface area contributed by atoms with E-state index in [4.69, 9.17) is 10.5 Å². The normalized spacial score (nSPS) is 20.0. The zero-order chi connectivity index (χ0) is 33.4. The highest BCUT2D eigenvalue weighted by Gasteiger charge is 2.37. The molecule has 6 N–H and O–H groups in total. The molecular formula is C37H42N8O3. The molecule has 3 unspecified atom stereocenters. The van der Waals surface area contributed by atoms with Gasteiger partial charge in [-0.05, 0) is 77.7 Å². The van der Waals surface area contributed by atoms with Gasteiger partial charge in [-0.15, -0.1) is 0 Å². The van der Waals surface area contributed by atoms with Crippen molar-refractivity contribution < 1.29 is 14.3 Å². The molecule has 0 radical (unpaired) electrons. The Hall–Kier alpha value is -5.00. The molecule has 48 heavy (non-hydrogen) atoms. The standard InChI is InChI=1S/C37H42N8O3/c1-22(2)32(44-36(47)48-3)34(46)45-17-4-6-31(45)33-39-20-29(42-33)24-9-7-23(8-10-24)25-11-12-27-19-28(14-13-26(27)18-25)30-21-40-35(43-30)37(38)15-5-16-41-37/h7-14,18-22,31-32,41H,4-6,15-17,38H2,1-3H3,(H,39,42)(H,40,43)(H,44,47). The number of benzene rings is 3. The van der Waals surface area contributed by atoms with Crippen LogP contribution in [0.25, 0.3) is 44.4 Å². The monoisotopic (exact) mass is 646 g/mol. The first-order chi connectivity index (χ1) is 23.2. The van der Waals surface area contributed by atoms with Gasteiger partial charge >= 0.3 is 6.09 Å². The van der Waals surface area contributed by atoms with E-state index in [2.05, 4.69) is 91.2 Å². The predicted molar refractivity (Wildman–Crippen MR) is 186 cm³/mol. The van der Waals surface area contributed by atoms with Gasteiger partial charge in [0.1, 0.15) is 23.4 Å². The summed E-state index contributed by atoms with van der Waals surface area (Å²) in [5, 5.41) is 8.37. The van der Waals surface area contributed by atoms with E-state index in [0.717, 1.165) is 88.3 Å². The number of nitrogens with one attached hydrogen (secondary N) is 4. The second-order valence-electron chi connectivity index (χ2n) is 13.2. The highest BCUT2D eigenvalue weighted by Crippen LogP contribution is 2.34. The number of aromatic amines is 2. The van der Waals surface area contributed by atoms with E-state index in [1.807, 2.05) is 31.1 Å². The van der Waals surface area contributed by atoms with Crippen LogP contribution in [0.5, 0.6) is 0 Å². The van der Waals surface area contributed by atoms with Crippen LogP contribution in [-0.2, 0) is 15.2 Å². The van der Waals surface area contributed by atoms with Gasteiger partial charge in [-0.3, -0.25) is 10.1 Å². The molecule has 2 fully saturated rings. The number of carbonyl (C=O) groups is 2. The van der Waals surface area contributed by atoms with Gasteiger partial charge in [-0.1, -0.05) is 62.4 Å². The fourth-order valence-corrected chi connectivity index (χ4v) is 6.94. The van der Waals surface area contributed by atoms with Gasteiger partial charge in [0.05, 0.1) is 36.9 Å². The van der Waals surface area contributed by atoms with Crippen molar-refractivity contribution in [3.8, 4) is 33.6 Å². The molecule has 2 aliphatic rings. The number of fused-ring (bicyclic) bond motifs is 1. The highest BCUT2D eigenvalue weighted by atomic mass is 16.5. The molecule has 0 aliphatic carbocycles. The summed E-state index contributed by atoms with van der Waals surface area (Å²) < 4.78 is 4.75. The number of methoxy groups -OCH3 is 1. The Morgan fingerprint density at radius 3 is 2.29 bits per heavy atom. The van der Waals surface area contributed by atoms with E-state index >= 15 is 0 Å². The number of hydrogen-bond acceptors (Lipinski definition) is 7. The topological polar surface area (TPSA) is 154 Å². The average Bonchev–Trinajstić information content (AvgIpc) is 3.93. The zero-order valence-electron chi connectivity index (χ0n) is 27.5. The number of nitrogens with zero attached hydrogens (tertiary/aromatic N) is 3. The lowest BCUT2D eigenvalue weighted by molar-refractivity contribution is -0.135. The van der Waals surface area contributed by atoms with Crippen LogP contribution in [0, 0.1) is 5.92 Å². The van der Waals surface area contributed by atoms with E-state index in [9.17, 15) is 9.59 Å². The Kier molecular flexibility index (Phi) is 8.49. The summed E-state index contributed by atoms with van der Waals surface area (Å²) in [6.45, 7) is 5.34. The Balaban J connectivity index is 1.05. The van der Waals surface area contributed by atoms with E-state index < -0.39 is 17.8 Å². The molecule has 2 saturated heterocycles. The minimum absolute atomic E-state index is 0.0854. The molecule has 11 heteroatoms. The molecule has 2 amide bonds. The molecule has 0 saturated carbocycles. The lowest BCUT2D eigenvalue weighted by atomic mass is 9.98. The number of imidazole rings is 2. The molecular weight excluding hydrogens is 604 g/mol. The maximum absolute atomic E-state index is 13.5. The number of carbonyl (C=O) groups excluding carboxylic acids is 2. The van der Waals surface area contributed by atoms with Crippen molar-refractivity contribution >= 4 is 22.8 Å². The minimum atomic E-state index is -0.667. The van der Waals surface area contributed by atoms with Crippen molar-refractivity contribution in [1.82, 2.24) is 35.5 Å². The van der Waals surface area contributed by atoms with Gasteiger partial charge in [-0.25, -0.2) is 14.8 Å². The number of nitrogens with two attached hydrogens (primary N) is 1. The van der Waals surface area contributed by atoms with Gasteiger partial charge in [0, 0.05) is 12.1 Å². The average molecular weight is 647 g/mol. The first kappa shape index (κ1) is 31.6. The molecule has 3 aromatic carbocycles. The molecule has 2 aliphatic heterocycles. The Bertz CT molecular complexity index is 1940. The van der Waals surface area contributed by atoms with Crippen molar-refractivity contribution in [2.45, 2.75) is 57.3 Å². The third-order valence-electron chi connectivity index (χ3n) is 9.71. The van der Waals surface area contributed by atoms with Crippen LogP contribution in [0.3, 0.4) is 0 Å². The Labute approximate surface area is 279 Å². The summed E-state index contributed by atoms with van der Waals surface area (Å²) in [4.78, 5) is 43.4. The number of hydrogen-bond donors (Lipinski definition) is 5. The molecule has 3 atom stereocenters. The molecule has 248 valence electrons. The number of ether oxygens (including phenoxy) is 1. The van der Waals surface area contributed by atoms with E-state index in [1.54, 1.807) is 0 Å². The molecule has 2 aromatic heterocycles. The molecule has 11 nitrogen and oxygen atoms in total. The second kappa shape index (κ2) is 12.9. The summed E-state index contributed by atoms with van der Waals surface area (Å²) in [5.41, 5.74) is 12.1. The summed E-state index contributed by atoms with van der Waals surface area (Å²) in [7, 11) is 1.30. The van der Waals surface area contributed by atoms with Crippen LogP contribution in [0.1, 0.15) is 57.2 Å². The second-order valence-corrected chi connectivity index (χ2v) is 13.2. The van der Waals surface area contributed by atoms with Crippen LogP contribution < -0.4 is 16.4 Å². The number of aromatic nitrogens is 4. The van der Waals surface area contributed by atoms with Gasteiger partial charge in [0.15, 0.2) is 0 Å². The molecule has 7 rings (SSSR count). The van der Waals surface area contributed by atoms with E-state index in [-0.39, 0.29) is 17.9 Å². The number of H-pyrrole nitrogens is 2. The lowest BCUT2D eigenvalue weighted by Gasteiger charge is -2.30. The minimum Gasteiger partial charge on any atom is -0.453 e. The first-order valence-corrected chi connectivity index (χ1v) is 16.7. The summed E-state index contributed by atoms with van der Waals surface area (Å²) in [6.07, 6.45) is 6.66. The maximum Gasteiger partial charge on any atom is 0.407 e. The lowest BCUT2D eigenvalue weighted by Crippen LogP contribution is -2.51. The van der Waals surface area contributed by atoms with Crippen molar-refractivity contribution in [3.05, 3.63) is 84.7 Å². The van der Waals surface area contributed by atoms with Gasteiger partial charge < -0.3 is 30.7 Å². The van der Waals surface area contributed by atoms with Gasteiger partial charge in [0.2, 0.25) is 5.91 Å². The van der Waals surface area contributed by atoms with Crippen molar-refractivity contribution in [3.63, 3.8) is 0 Å². The summed E-state index contributed by atoms with van der Waals surface area (Å²) in [6, 6.07) is 20.5. The number of likely N-dealkylation sites (tertiary alicyclic amines) is 1. The first-order valence-electron chi connectivity index (χ1n) is 16.7. The van der Waals surface area contributed by atoms with Crippen molar-refractivity contribution in [1.29, 1.82) is 0 Å². The number of alkyl carbamates (subject to hydrolysis) is 1. The SMILES string of the molecule is COC(=O)NC(C(=O)N1CCCC1c1ncc(-c2ccc(-c3ccc4cc(-c5cnc(C6(N)CCCN6)[nH]5)ccc4c3)cc2)[nH]1)C(C)C. The maximum atomic E-state index is 13.5. The predicted octanol–water partition coefficient (Wildman–Crippen LogP) is 5.83. The number of amides is 2. The van der Waals surface area contributed by atoms with Crippen LogP contribution in [-0.4, -0.2) is 63.1 Å². The Morgan fingerprint density at radius 1 is 0.917 bits per heavy atom.